The van der Waals surface area contributed by atoms with Crippen molar-refractivity contribution in [2.75, 3.05) is 6.61 Å². The summed E-state index contributed by atoms with van der Waals surface area (Å²) in [5.41, 5.74) is 5.79. The molecule has 0 fully saturated rings. The van der Waals surface area contributed by atoms with Gasteiger partial charge in [0.1, 0.15) is 5.75 Å². The Morgan fingerprint density at radius 1 is 1.00 bits per heavy atom. The van der Waals surface area contributed by atoms with Crippen LogP contribution in [0.25, 0.3) is 28.2 Å². The van der Waals surface area contributed by atoms with E-state index in [-0.39, 0.29) is 0 Å². The molecule has 162 valence electrons. The number of aryl methyl sites for hydroxylation is 2. The second-order valence-corrected chi connectivity index (χ2v) is 8.33. The van der Waals surface area contributed by atoms with Crippen molar-refractivity contribution in [3.05, 3.63) is 87.9 Å². The van der Waals surface area contributed by atoms with E-state index in [4.69, 9.17) is 38.1 Å². The van der Waals surface area contributed by atoms with Crippen molar-refractivity contribution >= 4 is 29.2 Å². The highest BCUT2D eigenvalue weighted by molar-refractivity contribution is 6.31. The Morgan fingerprint density at radius 2 is 1.75 bits per heavy atom. The largest absolute Gasteiger partial charge is 0.481 e. The van der Waals surface area contributed by atoms with E-state index in [9.17, 15) is 4.79 Å². The fourth-order valence-electron chi connectivity index (χ4n) is 3.61. The van der Waals surface area contributed by atoms with Gasteiger partial charge in [-0.2, -0.15) is 5.10 Å². The first kappa shape index (κ1) is 21.9. The number of carboxylic acid groups (broad SMARTS) is 1. The van der Waals surface area contributed by atoms with Crippen LogP contribution in [0.5, 0.6) is 5.75 Å². The van der Waals surface area contributed by atoms with Crippen molar-refractivity contribution in [3.8, 4) is 34.0 Å². The monoisotopic (exact) mass is 466 g/mol. The maximum Gasteiger partial charge on any atom is 0.341 e. The lowest BCUT2D eigenvalue weighted by Crippen LogP contribution is -2.11. The Labute approximate surface area is 195 Å². The van der Waals surface area contributed by atoms with E-state index >= 15 is 0 Å². The lowest BCUT2D eigenvalue weighted by molar-refractivity contribution is -0.139. The fraction of sp³-hybridized carbons (Fsp3) is 0.120. The number of rotatable bonds is 6. The van der Waals surface area contributed by atoms with E-state index < -0.39 is 12.6 Å². The van der Waals surface area contributed by atoms with Crippen molar-refractivity contribution in [3.63, 3.8) is 0 Å². The van der Waals surface area contributed by atoms with Gasteiger partial charge in [-0.25, -0.2) is 9.48 Å². The zero-order chi connectivity index (χ0) is 22.8. The van der Waals surface area contributed by atoms with Crippen LogP contribution in [0.15, 0.2) is 66.7 Å². The van der Waals surface area contributed by atoms with Crippen molar-refractivity contribution in [2.45, 2.75) is 13.8 Å². The zero-order valence-corrected chi connectivity index (χ0v) is 19.0. The number of halogens is 2. The number of aromatic nitrogens is 2. The normalized spacial score (nSPS) is 10.9. The van der Waals surface area contributed by atoms with Gasteiger partial charge in [-0.3, -0.25) is 0 Å². The van der Waals surface area contributed by atoms with Crippen LogP contribution in [0, 0.1) is 13.8 Å². The summed E-state index contributed by atoms with van der Waals surface area (Å²) in [5.74, 6) is -0.543. The molecule has 32 heavy (non-hydrogen) atoms. The summed E-state index contributed by atoms with van der Waals surface area (Å²) in [5, 5.41) is 15.2. The highest BCUT2D eigenvalue weighted by atomic mass is 35.5. The number of benzene rings is 3. The second-order valence-electron chi connectivity index (χ2n) is 7.45. The van der Waals surface area contributed by atoms with E-state index in [0.717, 1.165) is 33.6 Å². The molecule has 5 nitrogen and oxygen atoms in total. The average molecular weight is 467 g/mol. The number of carbonyl (C=O) groups is 1. The van der Waals surface area contributed by atoms with Gasteiger partial charge in [-0.05, 0) is 67.4 Å². The molecule has 3 aromatic carbocycles. The minimum absolute atomic E-state index is 0.435. The first-order valence-electron chi connectivity index (χ1n) is 9.90. The van der Waals surface area contributed by atoms with Crippen LogP contribution in [0.4, 0.5) is 0 Å². The van der Waals surface area contributed by atoms with Gasteiger partial charge < -0.3 is 9.84 Å². The number of aliphatic carboxylic acids is 1. The molecule has 0 unspecified atom stereocenters. The van der Waals surface area contributed by atoms with Gasteiger partial charge in [-0.15, -0.1) is 0 Å². The Hall–Kier alpha value is -3.28. The molecule has 0 aliphatic heterocycles. The third-order valence-corrected chi connectivity index (χ3v) is 5.42. The van der Waals surface area contributed by atoms with Gasteiger partial charge in [0.2, 0.25) is 0 Å². The smallest absolute Gasteiger partial charge is 0.341 e. The van der Waals surface area contributed by atoms with Gasteiger partial charge in [0.15, 0.2) is 6.61 Å². The highest BCUT2D eigenvalue weighted by Crippen LogP contribution is 2.37. The summed E-state index contributed by atoms with van der Waals surface area (Å²) in [6.45, 7) is 3.43. The molecular weight excluding hydrogens is 447 g/mol. The van der Waals surface area contributed by atoms with E-state index in [1.165, 1.54) is 0 Å². The maximum atomic E-state index is 11.1. The van der Waals surface area contributed by atoms with Crippen LogP contribution in [0.2, 0.25) is 10.0 Å². The van der Waals surface area contributed by atoms with Crippen LogP contribution >= 0.6 is 23.2 Å². The predicted molar refractivity (Wildman–Crippen MR) is 127 cm³/mol. The maximum absolute atomic E-state index is 11.1. The molecule has 0 bridgehead atoms. The standard InChI is InChI=1S/C25H20Cl2N2O3/c1-15-10-16(2)25(32-14-24(30)31)21(11-15)22-13-23(17-6-8-18(26)9-7-17)29(28-22)20-5-3-4-19(27)12-20/h3-13H,14H2,1-2H3,(H,30,31). The van der Waals surface area contributed by atoms with Crippen LogP contribution in [0.3, 0.4) is 0 Å². The zero-order valence-electron chi connectivity index (χ0n) is 17.5. The van der Waals surface area contributed by atoms with Crippen LogP contribution < -0.4 is 4.74 Å². The SMILES string of the molecule is Cc1cc(C)c(OCC(=O)O)c(-c2cc(-c3ccc(Cl)cc3)n(-c3cccc(Cl)c3)n2)c1. The number of nitrogens with zero attached hydrogens (tertiary/aromatic N) is 2. The third-order valence-electron chi connectivity index (χ3n) is 4.94. The van der Waals surface area contributed by atoms with Gasteiger partial charge in [0.25, 0.3) is 0 Å². The first-order chi connectivity index (χ1) is 15.3. The molecule has 0 aliphatic carbocycles. The van der Waals surface area contributed by atoms with Gasteiger partial charge in [0.05, 0.1) is 17.1 Å². The molecule has 0 atom stereocenters. The average Bonchev–Trinajstić information content (AvgIpc) is 3.18. The second kappa shape index (κ2) is 9.07. The molecular formula is C25H20Cl2N2O3. The lowest BCUT2D eigenvalue weighted by Gasteiger charge is -2.13. The summed E-state index contributed by atoms with van der Waals surface area (Å²) in [6, 6.07) is 20.8. The summed E-state index contributed by atoms with van der Waals surface area (Å²) >= 11 is 12.3. The molecule has 1 heterocycles. The highest BCUT2D eigenvalue weighted by Gasteiger charge is 2.19. The minimum atomic E-state index is -1.04. The molecule has 7 heteroatoms. The Balaban J connectivity index is 1.92. The molecule has 0 saturated carbocycles. The molecule has 1 aromatic heterocycles. The van der Waals surface area contributed by atoms with Crippen LogP contribution in [-0.2, 0) is 4.79 Å². The predicted octanol–water partition coefficient (Wildman–Crippen LogP) is 6.59. The fourth-order valence-corrected chi connectivity index (χ4v) is 3.92. The van der Waals surface area contributed by atoms with Crippen molar-refractivity contribution in [1.82, 2.24) is 9.78 Å². The number of ether oxygens (including phenoxy) is 1. The molecule has 0 radical (unpaired) electrons. The summed E-state index contributed by atoms with van der Waals surface area (Å²) in [4.78, 5) is 11.1. The lowest BCUT2D eigenvalue weighted by atomic mass is 10.0. The van der Waals surface area contributed by atoms with Crippen LogP contribution in [0.1, 0.15) is 11.1 Å². The number of hydrogen-bond acceptors (Lipinski definition) is 3. The molecule has 1 N–H and O–H groups in total. The summed E-state index contributed by atoms with van der Waals surface area (Å²) in [7, 11) is 0. The Kier molecular flexibility index (Phi) is 6.21. The number of hydrogen-bond donors (Lipinski definition) is 1. The van der Waals surface area contributed by atoms with E-state index in [0.29, 0.717) is 21.5 Å². The molecule has 0 amide bonds. The van der Waals surface area contributed by atoms with Gasteiger partial charge in [-0.1, -0.05) is 47.5 Å². The molecule has 4 aromatic rings. The topological polar surface area (TPSA) is 64.3 Å². The molecule has 4 rings (SSSR count). The Bertz CT molecular complexity index is 1300. The third kappa shape index (κ3) is 4.64. The van der Waals surface area contributed by atoms with E-state index in [1.54, 1.807) is 6.07 Å². The van der Waals surface area contributed by atoms with Crippen molar-refractivity contribution < 1.29 is 14.6 Å². The Morgan fingerprint density at radius 3 is 2.44 bits per heavy atom. The molecule has 0 spiro atoms. The summed E-state index contributed by atoms with van der Waals surface area (Å²) < 4.78 is 7.46. The van der Waals surface area contributed by atoms with E-state index in [2.05, 4.69) is 0 Å². The quantitative estimate of drug-likeness (QED) is 0.347. The van der Waals surface area contributed by atoms with E-state index in [1.807, 2.05) is 79.2 Å². The first-order valence-corrected chi connectivity index (χ1v) is 10.7. The van der Waals surface area contributed by atoms with Crippen LogP contribution in [-0.4, -0.2) is 27.5 Å². The molecule has 0 aliphatic rings. The molecule has 0 saturated heterocycles. The minimum Gasteiger partial charge on any atom is -0.481 e. The summed E-state index contributed by atoms with van der Waals surface area (Å²) in [6.07, 6.45) is 0. The number of carboxylic acids is 1. The van der Waals surface area contributed by atoms with Crippen molar-refractivity contribution in [2.24, 2.45) is 0 Å². The van der Waals surface area contributed by atoms with Gasteiger partial charge >= 0.3 is 5.97 Å². The van der Waals surface area contributed by atoms with Crippen molar-refractivity contribution in [1.29, 1.82) is 0 Å². The van der Waals surface area contributed by atoms with Gasteiger partial charge in [0, 0.05) is 21.2 Å².